The number of nitrogens with zero attached hydrogens (tertiary/aromatic N) is 2. The van der Waals surface area contributed by atoms with Gasteiger partial charge in [-0.1, -0.05) is 11.6 Å². The average molecular weight is 343 g/mol. The number of halogens is 2. The number of thiazole rings is 1. The lowest BCUT2D eigenvalue weighted by Gasteiger charge is -2.12. The van der Waals surface area contributed by atoms with E-state index >= 15 is 0 Å². The summed E-state index contributed by atoms with van der Waals surface area (Å²) >= 11 is 13.6. The maximum atomic E-state index is 6.23. The quantitative estimate of drug-likeness (QED) is 0.645. The molecule has 0 N–H and O–H groups in total. The molecule has 3 aromatic rings. The number of alkyl halides is 1. The summed E-state index contributed by atoms with van der Waals surface area (Å²) in [5.74, 6) is 1.44. The Morgan fingerprint density at radius 2 is 2.24 bits per heavy atom. The molecule has 21 heavy (non-hydrogen) atoms. The Morgan fingerprint density at radius 1 is 1.38 bits per heavy atom. The van der Waals surface area contributed by atoms with Crippen molar-refractivity contribution >= 4 is 39.5 Å². The van der Waals surface area contributed by atoms with Crippen LogP contribution in [0.4, 0.5) is 0 Å². The van der Waals surface area contributed by atoms with Gasteiger partial charge in [0, 0.05) is 23.7 Å². The fourth-order valence-electron chi connectivity index (χ4n) is 1.98. The number of imidazole rings is 1. The smallest absolute Gasteiger partial charge is 0.193 e. The number of hydrogen-bond acceptors (Lipinski definition) is 4. The summed E-state index contributed by atoms with van der Waals surface area (Å²) < 4.78 is 13.0. The third-order valence-corrected chi connectivity index (χ3v) is 4.31. The molecule has 2 aromatic heterocycles. The molecule has 0 bridgehead atoms. The van der Waals surface area contributed by atoms with Crippen molar-refractivity contribution in [3.63, 3.8) is 0 Å². The Morgan fingerprint density at radius 3 is 2.95 bits per heavy atom. The summed E-state index contributed by atoms with van der Waals surface area (Å²) in [7, 11) is 1.57. The molecule has 0 unspecified atom stereocenters. The van der Waals surface area contributed by atoms with Crippen molar-refractivity contribution < 1.29 is 9.47 Å². The van der Waals surface area contributed by atoms with Gasteiger partial charge in [-0.25, -0.2) is 4.98 Å². The monoisotopic (exact) mass is 342 g/mol. The molecular formula is C14H12Cl2N2O2S. The van der Waals surface area contributed by atoms with E-state index in [1.54, 1.807) is 24.5 Å². The second-order valence-electron chi connectivity index (χ2n) is 4.36. The predicted octanol–water partition coefficient (Wildman–Crippen LogP) is 4.38. The number of aromatic nitrogens is 2. The Hall–Kier alpha value is -1.43. The first-order chi connectivity index (χ1) is 10.2. The fraction of sp³-hybridized carbons (Fsp3) is 0.214. The largest absolute Gasteiger partial charge is 0.493 e. The minimum Gasteiger partial charge on any atom is -0.493 e. The highest BCUT2D eigenvalue weighted by molar-refractivity contribution is 7.15. The molecule has 0 radical (unpaired) electrons. The zero-order chi connectivity index (χ0) is 14.8. The van der Waals surface area contributed by atoms with Crippen LogP contribution in [0.5, 0.6) is 11.5 Å². The second kappa shape index (κ2) is 6.13. The van der Waals surface area contributed by atoms with Gasteiger partial charge in [0.1, 0.15) is 6.61 Å². The first kappa shape index (κ1) is 14.5. The molecule has 7 heteroatoms. The SMILES string of the molecule is COc1cc(CCl)cc(Cl)c1OCc1cn2ccsc2n1. The average Bonchev–Trinajstić information content (AvgIpc) is 3.06. The van der Waals surface area contributed by atoms with E-state index in [1.165, 1.54) is 0 Å². The normalized spacial score (nSPS) is 11.0. The van der Waals surface area contributed by atoms with E-state index in [9.17, 15) is 0 Å². The lowest BCUT2D eigenvalue weighted by Crippen LogP contribution is -1.99. The number of benzene rings is 1. The molecule has 0 saturated heterocycles. The van der Waals surface area contributed by atoms with Crippen LogP contribution in [0.2, 0.25) is 5.02 Å². The Balaban J connectivity index is 1.82. The lowest BCUT2D eigenvalue weighted by molar-refractivity contribution is 0.281. The third-order valence-electron chi connectivity index (χ3n) is 2.95. The maximum Gasteiger partial charge on any atom is 0.193 e. The molecule has 0 aliphatic rings. The number of methoxy groups -OCH3 is 1. The molecule has 0 saturated carbocycles. The molecule has 0 spiro atoms. The van der Waals surface area contributed by atoms with Crippen LogP contribution in [0, 0.1) is 0 Å². The molecule has 0 amide bonds. The molecule has 1 aromatic carbocycles. The van der Waals surface area contributed by atoms with Crippen LogP contribution in [0.3, 0.4) is 0 Å². The molecule has 0 fully saturated rings. The van der Waals surface area contributed by atoms with Crippen molar-refractivity contribution in [1.29, 1.82) is 0 Å². The fourth-order valence-corrected chi connectivity index (χ4v) is 3.14. The van der Waals surface area contributed by atoms with Gasteiger partial charge in [-0.15, -0.1) is 22.9 Å². The van der Waals surface area contributed by atoms with Crippen LogP contribution in [-0.4, -0.2) is 16.5 Å². The van der Waals surface area contributed by atoms with Gasteiger partial charge in [0.2, 0.25) is 0 Å². The molecule has 0 atom stereocenters. The van der Waals surface area contributed by atoms with E-state index in [-0.39, 0.29) is 0 Å². The van der Waals surface area contributed by atoms with Crippen molar-refractivity contribution in [1.82, 2.24) is 9.38 Å². The van der Waals surface area contributed by atoms with E-state index in [2.05, 4.69) is 4.98 Å². The molecule has 0 aliphatic carbocycles. The Bertz CT molecular complexity index is 741. The third kappa shape index (κ3) is 2.95. The minimum absolute atomic E-state index is 0.324. The van der Waals surface area contributed by atoms with Crippen molar-refractivity contribution in [3.8, 4) is 11.5 Å². The highest BCUT2D eigenvalue weighted by atomic mass is 35.5. The summed E-state index contributed by atoms with van der Waals surface area (Å²) in [6.45, 7) is 0.324. The minimum atomic E-state index is 0.324. The molecule has 0 aliphatic heterocycles. The van der Waals surface area contributed by atoms with E-state index in [1.807, 2.05) is 28.2 Å². The van der Waals surface area contributed by atoms with Crippen LogP contribution in [-0.2, 0) is 12.5 Å². The molecule has 2 heterocycles. The van der Waals surface area contributed by atoms with Crippen LogP contribution in [0.25, 0.3) is 4.96 Å². The highest BCUT2D eigenvalue weighted by Gasteiger charge is 2.13. The first-order valence-electron chi connectivity index (χ1n) is 6.17. The summed E-state index contributed by atoms with van der Waals surface area (Å²) in [6.07, 6.45) is 3.89. The Kier molecular flexibility index (Phi) is 4.24. The van der Waals surface area contributed by atoms with E-state index in [4.69, 9.17) is 32.7 Å². The topological polar surface area (TPSA) is 35.8 Å². The van der Waals surface area contributed by atoms with Gasteiger partial charge < -0.3 is 9.47 Å². The summed E-state index contributed by atoms with van der Waals surface area (Å²) in [5, 5.41) is 2.46. The van der Waals surface area contributed by atoms with Gasteiger partial charge in [-0.05, 0) is 17.7 Å². The first-order valence-corrected chi connectivity index (χ1v) is 7.96. The van der Waals surface area contributed by atoms with E-state index < -0.39 is 0 Å². The van der Waals surface area contributed by atoms with Gasteiger partial charge in [0.15, 0.2) is 16.5 Å². The molecular weight excluding hydrogens is 331 g/mol. The zero-order valence-corrected chi connectivity index (χ0v) is 13.5. The lowest BCUT2D eigenvalue weighted by atomic mass is 10.2. The van der Waals surface area contributed by atoms with E-state index in [0.29, 0.717) is 29.0 Å². The summed E-state index contributed by atoms with van der Waals surface area (Å²) in [4.78, 5) is 5.39. The van der Waals surface area contributed by atoms with Gasteiger partial charge in [-0.2, -0.15) is 0 Å². The van der Waals surface area contributed by atoms with Crippen LogP contribution >= 0.6 is 34.5 Å². The van der Waals surface area contributed by atoms with Gasteiger partial charge in [0.25, 0.3) is 0 Å². The standard InChI is InChI=1S/C14H12Cl2N2O2S/c1-19-12-5-9(6-15)4-11(16)13(12)20-8-10-7-18-2-3-21-14(18)17-10/h2-5,7H,6,8H2,1H3. The van der Waals surface area contributed by atoms with Gasteiger partial charge in [0.05, 0.1) is 17.8 Å². The number of fused-ring (bicyclic) bond motifs is 1. The van der Waals surface area contributed by atoms with Crippen molar-refractivity contribution in [2.75, 3.05) is 7.11 Å². The number of ether oxygens (including phenoxy) is 2. The summed E-state index contributed by atoms with van der Waals surface area (Å²) in [5.41, 5.74) is 1.72. The predicted molar refractivity (Wildman–Crippen MR) is 85.0 cm³/mol. The van der Waals surface area contributed by atoms with Crippen molar-refractivity contribution in [2.45, 2.75) is 12.5 Å². The molecule has 4 nitrogen and oxygen atoms in total. The van der Waals surface area contributed by atoms with Gasteiger partial charge in [-0.3, -0.25) is 4.40 Å². The van der Waals surface area contributed by atoms with Crippen molar-refractivity contribution in [2.24, 2.45) is 0 Å². The van der Waals surface area contributed by atoms with Crippen LogP contribution < -0.4 is 9.47 Å². The van der Waals surface area contributed by atoms with Crippen LogP contribution in [0.1, 0.15) is 11.3 Å². The molecule has 110 valence electrons. The maximum absolute atomic E-state index is 6.23. The number of rotatable bonds is 5. The molecule has 3 rings (SSSR count). The number of hydrogen-bond donors (Lipinski definition) is 0. The van der Waals surface area contributed by atoms with Gasteiger partial charge >= 0.3 is 0 Å². The highest BCUT2D eigenvalue weighted by Crippen LogP contribution is 2.37. The van der Waals surface area contributed by atoms with Crippen LogP contribution in [0.15, 0.2) is 29.9 Å². The van der Waals surface area contributed by atoms with Crippen molar-refractivity contribution in [3.05, 3.63) is 46.2 Å². The summed E-state index contributed by atoms with van der Waals surface area (Å²) in [6, 6.07) is 3.60. The zero-order valence-electron chi connectivity index (χ0n) is 11.2. The second-order valence-corrected chi connectivity index (χ2v) is 5.90. The van der Waals surface area contributed by atoms with E-state index in [0.717, 1.165) is 16.2 Å². The Labute approximate surface area is 135 Å².